The molecule has 4 heteroatoms. The van der Waals surface area contributed by atoms with Gasteiger partial charge in [-0.3, -0.25) is 0 Å². The summed E-state index contributed by atoms with van der Waals surface area (Å²) in [6.07, 6.45) is 0. The third kappa shape index (κ3) is 3.58. The first kappa shape index (κ1) is 16.3. The van der Waals surface area contributed by atoms with Crippen LogP contribution >= 0.6 is 0 Å². The molecule has 0 fully saturated rings. The van der Waals surface area contributed by atoms with Crippen molar-refractivity contribution in [3.8, 4) is 22.9 Å². The molecule has 0 aromatic heterocycles. The predicted molar refractivity (Wildman–Crippen MR) is 88.4 cm³/mol. The highest BCUT2D eigenvalue weighted by atomic mass is 16.5. The second kappa shape index (κ2) is 7.28. The minimum atomic E-state index is -0.614. The van der Waals surface area contributed by atoms with E-state index in [1.54, 1.807) is 26.0 Å². The molecule has 0 aliphatic rings. The number of hydrogen-bond donors (Lipinski definition) is 1. The van der Waals surface area contributed by atoms with E-state index in [1.807, 2.05) is 42.5 Å². The standard InChI is InChI=1S/C19H17NO3/c1-3-23-19(22)17(12-20)13(2)14-8-10-15(11-9-14)16-6-4-5-7-18(16)21/h4-11,21H,3H2,1-2H3/b17-13+. The number of hydrogen-bond acceptors (Lipinski definition) is 4. The maximum atomic E-state index is 11.8. The van der Waals surface area contributed by atoms with E-state index < -0.39 is 5.97 Å². The number of nitrogens with zero attached hydrogens (tertiary/aromatic N) is 1. The third-order valence-electron chi connectivity index (χ3n) is 3.50. The van der Waals surface area contributed by atoms with Gasteiger partial charge >= 0.3 is 5.97 Å². The van der Waals surface area contributed by atoms with Crippen LogP contribution in [0.3, 0.4) is 0 Å². The fraction of sp³-hybridized carbons (Fsp3) is 0.158. The summed E-state index contributed by atoms with van der Waals surface area (Å²) in [5.41, 5.74) is 2.91. The molecule has 0 bridgehead atoms. The number of aromatic hydroxyl groups is 1. The molecule has 0 unspecified atom stereocenters. The molecule has 23 heavy (non-hydrogen) atoms. The number of phenols is 1. The minimum Gasteiger partial charge on any atom is -0.507 e. The number of esters is 1. The van der Waals surface area contributed by atoms with Crippen LogP contribution in [0, 0.1) is 11.3 Å². The lowest BCUT2D eigenvalue weighted by Crippen LogP contribution is -2.08. The predicted octanol–water partition coefficient (Wildman–Crippen LogP) is 3.92. The third-order valence-corrected chi connectivity index (χ3v) is 3.50. The Kier molecular flexibility index (Phi) is 5.16. The van der Waals surface area contributed by atoms with Crippen molar-refractivity contribution in [3.05, 3.63) is 59.7 Å². The molecule has 0 atom stereocenters. The molecule has 0 saturated carbocycles. The Labute approximate surface area is 135 Å². The van der Waals surface area contributed by atoms with Crippen molar-refractivity contribution < 1.29 is 14.6 Å². The highest BCUT2D eigenvalue weighted by molar-refractivity contribution is 6.01. The van der Waals surface area contributed by atoms with Crippen LogP contribution < -0.4 is 0 Å². The molecule has 0 saturated heterocycles. The van der Waals surface area contributed by atoms with Gasteiger partial charge in [0, 0.05) is 5.56 Å². The molecule has 0 aliphatic heterocycles. The summed E-state index contributed by atoms with van der Waals surface area (Å²) in [7, 11) is 0. The Morgan fingerprint density at radius 3 is 2.39 bits per heavy atom. The average Bonchev–Trinajstić information content (AvgIpc) is 2.56. The van der Waals surface area contributed by atoms with E-state index >= 15 is 0 Å². The van der Waals surface area contributed by atoms with Crippen molar-refractivity contribution in [2.24, 2.45) is 0 Å². The molecule has 2 rings (SSSR count). The Morgan fingerprint density at radius 1 is 1.17 bits per heavy atom. The van der Waals surface area contributed by atoms with Crippen LogP contribution in [0.15, 0.2) is 54.1 Å². The van der Waals surface area contributed by atoms with Crippen molar-refractivity contribution in [1.29, 1.82) is 5.26 Å². The molecular formula is C19H17NO3. The first-order chi connectivity index (χ1) is 11.1. The van der Waals surface area contributed by atoms with Gasteiger partial charge in [-0.25, -0.2) is 4.79 Å². The van der Waals surface area contributed by atoms with Crippen molar-refractivity contribution in [2.45, 2.75) is 13.8 Å². The lowest BCUT2D eigenvalue weighted by molar-refractivity contribution is -0.137. The van der Waals surface area contributed by atoms with Crippen LogP contribution in [0.25, 0.3) is 16.7 Å². The van der Waals surface area contributed by atoms with Crippen LogP contribution in [-0.2, 0) is 9.53 Å². The monoisotopic (exact) mass is 307 g/mol. The van der Waals surface area contributed by atoms with Gasteiger partial charge in [0.1, 0.15) is 17.4 Å². The summed E-state index contributed by atoms with van der Waals surface area (Å²) in [6, 6.07) is 16.3. The quantitative estimate of drug-likeness (QED) is 0.528. The van der Waals surface area contributed by atoms with Crippen molar-refractivity contribution in [2.75, 3.05) is 6.61 Å². The van der Waals surface area contributed by atoms with Crippen LogP contribution in [0.2, 0.25) is 0 Å². The number of ether oxygens (including phenoxy) is 1. The van der Waals surface area contributed by atoms with Crippen LogP contribution in [0.4, 0.5) is 0 Å². The molecule has 0 aliphatic carbocycles. The number of carbonyl (C=O) groups is 1. The van der Waals surface area contributed by atoms with E-state index in [2.05, 4.69) is 0 Å². The molecule has 2 aromatic rings. The van der Waals surface area contributed by atoms with Crippen LogP contribution in [-0.4, -0.2) is 17.7 Å². The van der Waals surface area contributed by atoms with E-state index in [0.717, 1.165) is 16.7 Å². The number of rotatable bonds is 4. The molecular weight excluding hydrogens is 290 g/mol. The molecule has 2 aromatic carbocycles. The summed E-state index contributed by atoms with van der Waals surface area (Å²) in [5, 5.41) is 19.1. The Hall–Kier alpha value is -3.06. The van der Waals surface area contributed by atoms with Crippen LogP contribution in [0.5, 0.6) is 5.75 Å². The number of nitriles is 1. The lowest BCUT2D eigenvalue weighted by atomic mass is 9.98. The fourth-order valence-corrected chi connectivity index (χ4v) is 2.25. The summed E-state index contributed by atoms with van der Waals surface area (Å²) < 4.78 is 4.89. The Morgan fingerprint density at radius 2 is 1.83 bits per heavy atom. The van der Waals surface area contributed by atoms with Gasteiger partial charge in [-0.05, 0) is 36.6 Å². The molecule has 0 amide bonds. The maximum Gasteiger partial charge on any atom is 0.349 e. The average molecular weight is 307 g/mol. The van der Waals surface area contributed by atoms with Gasteiger partial charge in [0.05, 0.1) is 6.61 Å². The van der Waals surface area contributed by atoms with E-state index in [9.17, 15) is 15.2 Å². The van der Waals surface area contributed by atoms with Gasteiger partial charge in [-0.2, -0.15) is 5.26 Å². The molecule has 116 valence electrons. The maximum absolute atomic E-state index is 11.8. The van der Waals surface area contributed by atoms with E-state index in [-0.39, 0.29) is 17.9 Å². The molecule has 0 spiro atoms. The van der Waals surface area contributed by atoms with Gasteiger partial charge in [0.25, 0.3) is 0 Å². The van der Waals surface area contributed by atoms with Crippen LogP contribution in [0.1, 0.15) is 19.4 Å². The summed E-state index contributed by atoms with van der Waals surface area (Å²) >= 11 is 0. The SMILES string of the molecule is CCOC(=O)/C(C#N)=C(\C)c1ccc(-c2ccccc2O)cc1. The highest BCUT2D eigenvalue weighted by Crippen LogP contribution is 2.30. The topological polar surface area (TPSA) is 70.3 Å². The second-order valence-corrected chi connectivity index (χ2v) is 4.93. The summed E-state index contributed by atoms with van der Waals surface area (Å²) in [6.45, 7) is 3.64. The fourth-order valence-electron chi connectivity index (χ4n) is 2.25. The zero-order valence-electron chi connectivity index (χ0n) is 13.0. The first-order valence-corrected chi connectivity index (χ1v) is 7.25. The summed E-state index contributed by atoms with van der Waals surface area (Å²) in [5.74, 6) is -0.408. The highest BCUT2D eigenvalue weighted by Gasteiger charge is 2.15. The number of para-hydroxylation sites is 1. The smallest absolute Gasteiger partial charge is 0.349 e. The van der Waals surface area contributed by atoms with E-state index in [0.29, 0.717) is 5.57 Å². The van der Waals surface area contributed by atoms with E-state index in [4.69, 9.17) is 4.74 Å². The lowest BCUT2D eigenvalue weighted by Gasteiger charge is -2.08. The Balaban J connectivity index is 2.38. The van der Waals surface area contributed by atoms with Gasteiger partial charge in [0.2, 0.25) is 0 Å². The normalized spacial score (nSPS) is 11.3. The zero-order chi connectivity index (χ0) is 16.8. The minimum absolute atomic E-state index is 0.00200. The van der Waals surface area contributed by atoms with E-state index in [1.165, 1.54) is 0 Å². The van der Waals surface area contributed by atoms with Gasteiger partial charge in [-0.1, -0.05) is 42.5 Å². The number of allylic oxidation sites excluding steroid dienone is 1. The van der Waals surface area contributed by atoms with Gasteiger partial charge < -0.3 is 9.84 Å². The zero-order valence-corrected chi connectivity index (χ0v) is 13.0. The molecule has 0 heterocycles. The number of carbonyl (C=O) groups excluding carboxylic acids is 1. The summed E-state index contributed by atoms with van der Waals surface area (Å²) in [4.78, 5) is 11.8. The van der Waals surface area contributed by atoms with Gasteiger partial charge in [0.15, 0.2) is 0 Å². The second-order valence-electron chi connectivity index (χ2n) is 4.93. The number of benzene rings is 2. The molecule has 4 nitrogen and oxygen atoms in total. The molecule has 0 radical (unpaired) electrons. The van der Waals surface area contributed by atoms with Crippen molar-refractivity contribution in [1.82, 2.24) is 0 Å². The first-order valence-electron chi connectivity index (χ1n) is 7.25. The number of phenolic OH excluding ortho intramolecular Hbond substituents is 1. The Bertz CT molecular complexity index is 783. The molecule has 1 N–H and O–H groups in total. The van der Waals surface area contributed by atoms with Crippen molar-refractivity contribution in [3.63, 3.8) is 0 Å². The van der Waals surface area contributed by atoms with Gasteiger partial charge in [-0.15, -0.1) is 0 Å². The largest absolute Gasteiger partial charge is 0.507 e. The van der Waals surface area contributed by atoms with Crippen molar-refractivity contribution >= 4 is 11.5 Å².